The maximum atomic E-state index is 11.8. The maximum absolute atomic E-state index is 11.8. The van der Waals surface area contributed by atoms with Crippen molar-refractivity contribution >= 4 is 23.8 Å². The first-order chi connectivity index (χ1) is 12.8. The van der Waals surface area contributed by atoms with Crippen LogP contribution in [0.4, 0.5) is 4.79 Å². The molecule has 1 aromatic carbocycles. The number of primary amides is 1. The molecule has 0 saturated heterocycles. The summed E-state index contributed by atoms with van der Waals surface area (Å²) in [6.07, 6.45) is -0.340. The van der Waals surface area contributed by atoms with Crippen LogP contribution in [0.1, 0.15) is 25.8 Å². The standard InChI is InChI=1S/C18H26N4O5/c1-12(2)8-14(17(19)25)22-16(24)10-20-15(23)9-21-18(26)27-11-13-6-4-3-5-7-13/h3-7,12,14H,8-11H2,1-2H3,(H2,19,25)(H,20,23)(H,21,26)(H,22,24)/t14-/m0/s1. The average molecular weight is 378 g/mol. The van der Waals surface area contributed by atoms with E-state index in [4.69, 9.17) is 10.5 Å². The molecule has 1 rings (SSSR count). The van der Waals surface area contributed by atoms with Gasteiger partial charge in [-0.3, -0.25) is 14.4 Å². The van der Waals surface area contributed by atoms with Gasteiger partial charge in [0.25, 0.3) is 0 Å². The zero-order valence-electron chi connectivity index (χ0n) is 15.5. The number of hydrogen-bond donors (Lipinski definition) is 4. The van der Waals surface area contributed by atoms with Gasteiger partial charge in [-0.25, -0.2) is 4.79 Å². The highest BCUT2D eigenvalue weighted by molar-refractivity contribution is 5.90. The summed E-state index contributed by atoms with van der Waals surface area (Å²) in [5, 5.41) is 7.08. The Hall–Kier alpha value is -3.10. The first kappa shape index (κ1) is 21.9. The molecule has 5 N–H and O–H groups in total. The molecular formula is C18H26N4O5. The summed E-state index contributed by atoms with van der Waals surface area (Å²) < 4.78 is 4.96. The number of nitrogens with one attached hydrogen (secondary N) is 3. The molecule has 1 aromatic rings. The van der Waals surface area contributed by atoms with Crippen LogP contribution in [0.15, 0.2) is 30.3 Å². The molecule has 4 amide bonds. The van der Waals surface area contributed by atoms with Gasteiger partial charge in [0.2, 0.25) is 17.7 Å². The van der Waals surface area contributed by atoms with Crippen molar-refractivity contribution in [2.24, 2.45) is 11.7 Å². The van der Waals surface area contributed by atoms with Gasteiger partial charge in [-0.05, 0) is 17.9 Å². The number of ether oxygens (including phenoxy) is 1. The lowest BCUT2D eigenvalue weighted by Crippen LogP contribution is -2.49. The third kappa shape index (κ3) is 9.83. The summed E-state index contributed by atoms with van der Waals surface area (Å²) in [7, 11) is 0. The third-order valence-corrected chi connectivity index (χ3v) is 3.44. The fraction of sp³-hybridized carbons (Fsp3) is 0.444. The number of nitrogens with two attached hydrogens (primary N) is 1. The summed E-state index contributed by atoms with van der Waals surface area (Å²) >= 11 is 0. The van der Waals surface area contributed by atoms with Gasteiger partial charge in [-0.2, -0.15) is 0 Å². The van der Waals surface area contributed by atoms with E-state index in [1.165, 1.54) is 0 Å². The SMILES string of the molecule is CC(C)C[C@H](NC(=O)CNC(=O)CNC(=O)OCc1ccccc1)C(N)=O. The Labute approximate surface area is 158 Å². The predicted octanol–water partition coefficient (Wildman–Crippen LogP) is 0.0452. The van der Waals surface area contributed by atoms with E-state index in [-0.39, 0.29) is 25.6 Å². The highest BCUT2D eigenvalue weighted by atomic mass is 16.5. The average Bonchev–Trinajstić information content (AvgIpc) is 2.62. The molecule has 0 saturated carbocycles. The molecule has 27 heavy (non-hydrogen) atoms. The van der Waals surface area contributed by atoms with Crippen LogP contribution in [0.5, 0.6) is 0 Å². The summed E-state index contributed by atoms with van der Waals surface area (Å²) in [6.45, 7) is 3.20. The molecule has 9 heteroatoms. The Morgan fingerprint density at radius 2 is 1.63 bits per heavy atom. The lowest BCUT2D eigenvalue weighted by atomic mass is 10.0. The topological polar surface area (TPSA) is 140 Å². The van der Waals surface area contributed by atoms with Gasteiger partial charge in [-0.1, -0.05) is 44.2 Å². The minimum atomic E-state index is -0.791. The highest BCUT2D eigenvalue weighted by Crippen LogP contribution is 2.04. The molecule has 0 aliphatic carbocycles. The number of carbonyl (C=O) groups is 4. The number of rotatable bonds is 10. The lowest BCUT2D eigenvalue weighted by molar-refractivity contribution is -0.128. The van der Waals surface area contributed by atoms with Gasteiger partial charge in [0.15, 0.2) is 0 Å². The van der Waals surface area contributed by atoms with E-state index in [9.17, 15) is 19.2 Å². The van der Waals surface area contributed by atoms with Gasteiger partial charge >= 0.3 is 6.09 Å². The Bertz CT molecular complexity index is 648. The Kier molecular flexibility index (Phi) is 9.35. The Morgan fingerprint density at radius 1 is 1.00 bits per heavy atom. The molecule has 0 aliphatic rings. The maximum Gasteiger partial charge on any atom is 0.407 e. The molecular weight excluding hydrogens is 352 g/mol. The van der Waals surface area contributed by atoms with E-state index in [0.717, 1.165) is 5.56 Å². The fourth-order valence-corrected chi connectivity index (χ4v) is 2.13. The van der Waals surface area contributed by atoms with Crippen molar-refractivity contribution < 1.29 is 23.9 Å². The van der Waals surface area contributed by atoms with Crippen LogP contribution in [0.3, 0.4) is 0 Å². The third-order valence-electron chi connectivity index (χ3n) is 3.44. The van der Waals surface area contributed by atoms with E-state index >= 15 is 0 Å². The van der Waals surface area contributed by atoms with Crippen LogP contribution in [-0.2, 0) is 25.7 Å². The van der Waals surface area contributed by atoms with Crippen molar-refractivity contribution in [3.05, 3.63) is 35.9 Å². The quantitative estimate of drug-likeness (QED) is 0.455. The minimum absolute atomic E-state index is 0.0844. The molecule has 0 fully saturated rings. The van der Waals surface area contributed by atoms with Crippen LogP contribution in [-0.4, -0.2) is 42.9 Å². The molecule has 0 unspecified atom stereocenters. The van der Waals surface area contributed by atoms with E-state index in [1.807, 2.05) is 32.0 Å². The molecule has 148 valence electrons. The van der Waals surface area contributed by atoms with Crippen LogP contribution >= 0.6 is 0 Å². The molecule has 0 spiro atoms. The largest absolute Gasteiger partial charge is 0.445 e. The second kappa shape index (κ2) is 11.5. The molecule has 0 radical (unpaired) electrons. The lowest BCUT2D eigenvalue weighted by Gasteiger charge is -2.17. The van der Waals surface area contributed by atoms with Gasteiger partial charge in [0.1, 0.15) is 19.2 Å². The number of carbonyl (C=O) groups excluding carboxylic acids is 4. The van der Waals surface area contributed by atoms with Crippen molar-refractivity contribution in [3.63, 3.8) is 0 Å². The Balaban J connectivity index is 2.24. The van der Waals surface area contributed by atoms with Gasteiger partial charge in [0, 0.05) is 0 Å². The molecule has 0 bridgehead atoms. The number of hydrogen-bond acceptors (Lipinski definition) is 5. The van der Waals surface area contributed by atoms with Crippen LogP contribution in [0, 0.1) is 5.92 Å². The first-order valence-corrected chi connectivity index (χ1v) is 8.57. The molecule has 0 heterocycles. The summed E-state index contributed by atoms with van der Waals surface area (Å²) in [4.78, 5) is 46.3. The molecule has 0 aromatic heterocycles. The number of amides is 4. The smallest absolute Gasteiger partial charge is 0.407 e. The van der Waals surface area contributed by atoms with Crippen molar-refractivity contribution in [1.82, 2.24) is 16.0 Å². The molecule has 1 atom stereocenters. The Morgan fingerprint density at radius 3 is 2.22 bits per heavy atom. The second-order valence-corrected chi connectivity index (χ2v) is 6.34. The van der Waals surface area contributed by atoms with Crippen molar-refractivity contribution in [1.29, 1.82) is 0 Å². The number of alkyl carbamates (subject to hydrolysis) is 1. The fourth-order valence-electron chi connectivity index (χ4n) is 2.13. The van der Waals surface area contributed by atoms with E-state index in [1.54, 1.807) is 12.1 Å². The van der Waals surface area contributed by atoms with Crippen molar-refractivity contribution in [2.75, 3.05) is 13.1 Å². The minimum Gasteiger partial charge on any atom is -0.445 e. The van der Waals surface area contributed by atoms with Gasteiger partial charge in [0.05, 0.1) is 6.54 Å². The van der Waals surface area contributed by atoms with Crippen molar-refractivity contribution in [3.8, 4) is 0 Å². The van der Waals surface area contributed by atoms with Gasteiger partial charge < -0.3 is 26.4 Å². The predicted molar refractivity (Wildman–Crippen MR) is 98.2 cm³/mol. The van der Waals surface area contributed by atoms with Crippen LogP contribution in [0.2, 0.25) is 0 Å². The van der Waals surface area contributed by atoms with Crippen LogP contribution in [0.25, 0.3) is 0 Å². The summed E-state index contributed by atoms with van der Waals surface area (Å²) in [5.41, 5.74) is 6.06. The molecule has 9 nitrogen and oxygen atoms in total. The monoisotopic (exact) mass is 378 g/mol. The second-order valence-electron chi connectivity index (χ2n) is 6.34. The van der Waals surface area contributed by atoms with E-state index in [2.05, 4.69) is 16.0 Å². The summed E-state index contributed by atoms with van der Waals surface area (Å²) in [6, 6.07) is 8.30. The van der Waals surface area contributed by atoms with E-state index < -0.39 is 29.9 Å². The highest BCUT2D eigenvalue weighted by Gasteiger charge is 2.19. The van der Waals surface area contributed by atoms with E-state index in [0.29, 0.717) is 6.42 Å². The van der Waals surface area contributed by atoms with Crippen LogP contribution < -0.4 is 21.7 Å². The first-order valence-electron chi connectivity index (χ1n) is 8.57. The zero-order valence-corrected chi connectivity index (χ0v) is 15.5. The summed E-state index contributed by atoms with van der Waals surface area (Å²) in [5.74, 6) is -1.57. The van der Waals surface area contributed by atoms with Crippen molar-refractivity contribution in [2.45, 2.75) is 32.9 Å². The van der Waals surface area contributed by atoms with Gasteiger partial charge in [-0.15, -0.1) is 0 Å². The zero-order chi connectivity index (χ0) is 20.2. The normalized spacial score (nSPS) is 11.4. The molecule has 0 aliphatic heterocycles. The number of benzene rings is 1.